The summed E-state index contributed by atoms with van der Waals surface area (Å²) in [5.74, 6) is 1.23. The maximum absolute atomic E-state index is 12.1. The van der Waals surface area contributed by atoms with Crippen LogP contribution >= 0.6 is 0 Å². The highest BCUT2D eigenvalue weighted by Gasteiger charge is 2.30. The van der Waals surface area contributed by atoms with Gasteiger partial charge in [0.1, 0.15) is 17.9 Å². The summed E-state index contributed by atoms with van der Waals surface area (Å²) >= 11 is 0. The third-order valence-electron chi connectivity index (χ3n) is 6.53. The Morgan fingerprint density at radius 1 is 1.16 bits per heavy atom. The molecule has 32 heavy (non-hydrogen) atoms. The lowest BCUT2D eigenvalue weighted by atomic mass is 10.0. The molecule has 2 aromatic carbocycles. The van der Waals surface area contributed by atoms with Crippen molar-refractivity contribution in [1.29, 1.82) is 0 Å². The zero-order chi connectivity index (χ0) is 22.2. The number of hydrogen-bond donors (Lipinski definition) is 1. The molecule has 2 aliphatic heterocycles. The lowest BCUT2D eigenvalue weighted by molar-refractivity contribution is -0.128. The lowest BCUT2D eigenvalue weighted by Gasteiger charge is -2.41. The van der Waals surface area contributed by atoms with Crippen LogP contribution in [0.5, 0.6) is 5.75 Å². The minimum atomic E-state index is -0.0177. The summed E-state index contributed by atoms with van der Waals surface area (Å²) < 4.78 is 0. The van der Waals surface area contributed by atoms with Crippen LogP contribution in [0.1, 0.15) is 18.2 Å². The van der Waals surface area contributed by atoms with Crippen LogP contribution in [0.25, 0.3) is 10.8 Å². The van der Waals surface area contributed by atoms with E-state index in [-0.39, 0.29) is 17.7 Å². The fourth-order valence-electron chi connectivity index (χ4n) is 4.95. The zero-order valence-corrected chi connectivity index (χ0v) is 18.2. The van der Waals surface area contributed by atoms with Crippen LogP contribution in [0, 0.1) is 0 Å². The molecule has 0 bridgehead atoms. The van der Waals surface area contributed by atoms with Crippen molar-refractivity contribution in [3.63, 3.8) is 0 Å². The van der Waals surface area contributed by atoms with Crippen molar-refractivity contribution >= 4 is 28.2 Å². The molecule has 5 rings (SSSR count). The van der Waals surface area contributed by atoms with Gasteiger partial charge in [-0.2, -0.15) is 0 Å². The van der Waals surface area contributed by atoms with E-state index in [4.69, 9.17) is 0 Å². The number of hydrogen-bond acceptors (Lipinski definition) is 6. The minimum absolute atomic E-state index is 0.0177. The Balaban J connectivity index is 1.42. The van der Waals surface area contributed by atoms with E-state index in [1.165, 1.54) is 11.6 Å². The van der Waals surface area contributed by atoms with E-state index in [1.54, 1.807) is 12.4 Å². The summed E-state index contributed by atoms with van der Waals surface area (Å²) in [6.45, 7) is 9.32. The molecule has 0 unspecified atom stereocenters. The molecule has 3 heterocycles. The number of fused-ring (bicyclic) bond motifs is 2. The van der Waals surface area contributed by atoms with Crippen LogP contribution in [0.15, 0.2) is 55.4 Å². The first-order valence-corrected chi connectivity index (χ1v) is 11.0. The largest absolute Gasteiger partial charge is 0.508 e. The lowest BCUT2D eigenvalue weighted by Crippen LogP contribution is -2.54. The smallest absolute Gasteiger partial charge is 0.246 e. The molecule has 1 atom stereocenters. The number of anilines is 2. The van der Waals surface area contributed by atoms with Gasteiger partial charge in [-0.05, 0) is 30.9 Å². The van der Waals surface area contributed by atoms with Crippen LogP contribution in [-0.4, -0.2) is 58.1 Å². The molecule has 3 aromatic rings. The summed E-state index contributed by atoms with van der Waals surface area (Å²) in [4.78, 5) is 27.7. The molecule has 1 saturated heterocycles. The number of piperazine rings is 1. The van der Waals surface area contributed by atoms with Crippen molar-refractivity contribution in [3.05, 3.63) is 66.6 Å². The number of rotatable bonds is 3. The van der Waals surface area contributed by atoms with E-state index in [9.17, 15) is 9.90 Å². The highest BCUT2D eigenvalue weighted by atomic mass is 16.3. The summed E-state index contributed by atoms with van der Waals surface area (Å²) in [6, 6.07) is 11.9. The quantitative estimate of drug-likeness (QED) is 0.645. The van der Waals surface area contributed by atoms with Crippen molar-refractivity contribution in [2.75, 3.05) is 36.0 Å². The zero-order valence-electron chi connectivity index (χ0n) is 18.2. The van der Waals surface area contributed by atoms with Gasteiger partial charge in [-0.15, -0.1) is 0 Å². The fourth-order valence-corrected chi connectivity index (χ4v) is 4.95. The van der Waals surface area contributed by atoms with Gasteiger partial charge in [-0.3, -0.25) is 4.79 Å². The molecule has 2 aliphatic rings. The van der Waals surface area contributed by atoms with E-state index >= 15 is 0 Å². The fraction of sp³-hybridized carbons (Fsp3) is 0.320. The molecule has 1 fully saturated rings. The Morgan fingerprint density at radius 3 is 2.81 bits per heavy atom. The molecule has 1 amide bonds. The molecule has 0 radical (unpaired) electrons. The topological polar surface area (TPSA) is 72.8 Å². The maximum atomic E-state index is 12.1. The van der Waals surface area contributed by atoms with Gasteiger partial charge in [0, 0.05) is 54.9 Å². The molecule has 7 heteroatoms. The normalized spacial score (nSPS) is 18.5. The van der Waals surface area contributed by atoms with Crippen LogP contribution < -0.4 is 9.80 Å². The van der Waals surface area contributed by atoms with Gasteiger partial charge in [0.25, 0.3) is 0 Å². The molecule has 1 N–H and O–H groups in total. The summed E-state index contributed by atoms with van der Waals surface area (Å²) in [5.41, 5.74) is 3.23. The average Bonchev–Trinajstić information content (AvgIpc) is 2.82. The molecule has 0 aliphatic carbocycles. The second-order valence-corrected chi connectivity index (χ2v) is 8.51. The predicted octanol–water partition coefficient (Wildman–Crippen LogP) is 3.12. The molecule has 7 nitrogen and oxygen atoms in total. The number of carbonyl (C=O) groups is 1. The van der Waals surface area contributed by atoms with Crippen molar-refractivity contribution in [1.82, 2.24) is 14.9 Å². The number of benzene rings is 2. The summed E-state index contributed by atoms with van der Waals surface area (Å²) in [7, 11) is 0. The SMILES string of the molecule is C=CC(=O)N1CCN(c2ncnc3c2CCN(c2cc(O)cc4ccccc24)C3)C[C@@H]1C. The number of aromatic hydroxyl groups is 1. The molecule has 164 valence electrons. The second kappa shape index (κ2) is 8.15. The van der Waals surface area contributed by atoms with Crippen molar-refractivity contribution in [2.45, 2.75) is 25.9 Å². The molecular formula is C25H27N5O2. The molecule has 0 spiro atoms. The highest BCUT2D eigenvalue weighted by Crippen LogP contribution is 2.35. The highest BCUT2D eigenvalue weighted by molar-refractivity contribution is 5.95. The first kappa shape index (κ1) is 20.3. The van der Waals surface area contributed by atoms with Gasteiger partial charge in [0.05, 0.1) is 12.2 Å². The molecule has 0 saturated carbocycles. The monoisotopic (exact) mass is 429 g/mol. The third kappa shape index (κ3) is 3.53. The molecule has 1 aromatic heterocycles. The van der Waals surface area contributed by atoms with E-state index < -0.39 is 0 Å². The number of nitrogens with zero attached hydrogens (tertiary/aromatic N) is 5. The number of carbonyl (C=O) groups excluding carboxylic acids is 1. The molecular weight excluding hydrogens is 402 g/mol. The first-order valence-electron chi connectivity index (χ1n) is 11.0. The standard InChI is InChI=1S/C25H27N5O2/c1-3-24(32)30-11-10-29(14-17(30)2)25-21-8-9-28(15-22(21)26-16-27-25)23-13-19(31)12-18-6-4-5-7-20(18)23/h3-7,12-13,16-17,31H,1,8-11,14-15H2,2H3/t17-/m0/s1. The van der Waals surface area contributed by atoms with Gasteiger partial charge in [0.15, 0.2) is 0 Å². The van der Waals surface area contributed by atoms with Crippen molar-refractivity contribution in [2.24, 2.45) is 0 Å². The Labute approximate surface area is 187 Å². The van der Waals surface area contributed by atoms with Crippen LogP contribution in [-0.2, 0) is 17.8 Å². The van der Waals surface area contributed by atoms with Gasteiger partial charge in [-0.1, -0.05) is 30.8 Å². The Kier molecular flexibility index (Phi) is 5.17. The van der Waals surface area contributed by atoms with Gasteiger partial charge >= 0.3 is 0 Å². The van der Waals surface area contributed by atoms with Gasteiger partial charge in [0.2, 0.25) is 5.91 Å². The predicted molar refractivity (Wildman–Crippen MR) is 126 cm³/mol. The third-order valence-corrected chi connectivity index (χ3v) is 6.53. The van der Waals surface area contributed by atoms with Gasteiger partial charge < -0.3 is 19.8 Å². The maximum Gasteiger partial charge on any atom is 0.246 e. The van der Waals surface area contributed by atoms with E-state index in [0.29, 0.717) is 13.1 Å². The Hall–Kier alpha value is -3.61. The van der Waals surface area contributed by atoms with E-state index in [0.717, 1.165) is 54.0 Å². The number of phenols is 1. The Bertz CT molecular complexity index is 1190. The van der Waals surface area contributed by atoms with Crippen LogP contribution in [0.2, 0.25) is 0 Å². The van der Waals surface area contributed by atoms with Crippen molar-refractivity contribution < 1.29 is 9.90 Å². The van der Waals surface area contributed by atoms with Crippen molar-refractivity contribution in [3.8, 4) is 5.75 Å². The van der Waals surface area contributed by atoms with E-state index in [2.05, 4.69) is 39.3 Å². The van der Waals surface area contributed by atoms with Gasteiger partial charge in [-0.25, -0.2) is 9.97 Å². The number of aromatic nitrogens is 2. The second-order valence-electron chi connectivity index (χ2n) is 8.51. The number of phenolic OH excluding ortho intramolecular Hbond substituents is 1. The minimum Gasteiger partial charge on any atom is -0.508 e. The van der Waals surface area contributed by atoms with Crippen LogP contribution in [0.4, 0.5) is 11.5 Å². The van der Waals surface area contributed by atoms with Crippen LogP contribution in [0.3, 0.4) is 0 Å². The average molecular weight is 430 g/mol. The summed E-state index contributed by atoms with van der Waals surface area (Å²) in [5, 5.41) is 12.4. The Morgan fingerprint density at radius 2 is 2.00 bits per heavy atom. The first-order chi connectivity index (χ1) is 15.5. The number of amides is 1. The summed E-state index contributed by atoms with van der Waals surface area (Å²) in [6.07, 6.45) is 3.86. The van der Waals surface area contributed by atoms with E-state index in [1.807, 2.05) is 29.2 Å².